The molecule has 0 aromatic heterocycles. The Bertz CT molecular complexity index is 272. The second-order valence-electron chi connectivity index (χ2n) is 10.7. The monoisotopic (exact) mass is 354 g/mol. The lowest BCUT2D eigenvalue weighted by atomic mass is 9.82. The van der Waals surface area contributed by atoms with E-state index in [4.69, 9.17) is 0 Å². The molecule has 0 bridgehead atoms. The molecule has 0 rings (SSSR count). The van der Waals surface area contributed by atoms with Gasteiger partial charge in [0, 0.05) is 0 Å². The molecule has 0 radical (unpaired) electrons. The maximum atomic E-state index is 11.9. The Kier molecular flexibility index (Phi) is 12.0. The maximum absolute atomic E-state index is 11.9. The fourth-order valence-electron chi connectivity index (χ4n) is 0.491. The summed E-state index contributed by atoms with van der Waals surface area (Å²) < 4.78 is 35.8. The van der Waals surface area contributed by atoms with E-state index in [1.165, 1.54) is 6.92 Å². The molecule has 0 heterocycles. The van der Waals surface area contributed by atoms with Crippen molar-refractivity contribution in [2.24, 2.45) is 34.0 Å². The van der Waals surface area contributed by atoms with Crippen molar-refractivity contribution in [3.63, 3.8) is 0 Å². The average Bonchev–Trinajstić information content (AvgIpc) is 2.24. The van der Waals surface area contributed by atoms with Crippen molar-refractivity contribution in [3.05, 3.63) is 0 Å². The van der Waals surface area contributed by atoms with Crippen molar-refractivity contribution in [3.8, 4) is 0 Å². The molecule has 0 saturated carbocycles. The van der Waals surface area contributed by atoms with Crippen LogP contribution in [-0.4, -0.2) is 6.18 Å². The normalized spacial score (nSPS) is 14.6. The second kappa shape index (κ2) is 10.1. The van der Waals surface area contributed by atoms with Gasteiger partial charge in [0.15, 0.2) is 0 Å². The molecule has 0 amide bonds. The second-order valence-corrected chi connectivity index (χ2v) is 10.7. The molecule has 150 valence electrons. The first-order chi connectivity index (χ1) is 10.0. The SMILES string of the molecule is CC(C)C(C)(C)C.CC(C)C(C)(C)C.C[C@@H](C(C)(C)C)C(F)(F)F. The molecule has 0 aliphatic rings. The zero-order valence-corrected chi connectivity index (χ0v) is 18.9. The van der Waals surface area contributed by atoms with Gasteiger partial charge in [0.2, 0.25) is 0 Å². The van der Waals surface area contributed by atoms with Gasteiger partial charge in [-0.3, -0.25) is 0 Å². The fourth-order valence-corrected chi connectivity index (χ4v) is 0.491. The largest absolute Gasteiger partial charge is 0.392 e. The number of alkyl halides is 3. The molecule has 0 spiro atoms. The molecule has 0 unspecified atom stereocenters. The average molecular weight is 355 g/mol. The minimum atomic E-state index is -4.06. The van der Waals surface area contributed by atoms with Gasteiger partial charge in [-0.1, -0.05) is 96.9 Å². The Morgan fingerprint density at radius 2 is 0.625 bits per heavy atom. The number of hydrogen-bond donors (Lipinski definition) is 0. The standard InChI is InChI=1S/C7H13F3.2C7H16/c1-5(6(2,3)4)7(8,9)10;2*1-6(2)7(3,4)5/h5H,1-4H3;2*6H,1-5H3/t5-;;/m0../s1. The lowest BCUT2D eigenvalue weighted by Crippen LogP contribution is -2.31. The summed E-state index contributed by atoms with van der Waals surface area (Å²) in [5.74, 6) is 0.361. The Morgan fingerprint density at radius 1 is 0.458 bits per heavy atom. The van der Waals surface area contributed by atoms with E-state index in [9.17, 15) is 13.2 Å². The van der Waals surface area contributed by atoms with Gasteiger partial charge in [-0.25, -0.2) is 0 Å². The molecule has 0 aromatic rings. The Hall–Kier alpha value is -0.210. The molecule has 0 aliphatic heterocycles. The van der Waals surface area contributed by atoms with E-state index in [0.29, 0.717) is 10.8 Å². The minimum absolute atomic E-state index is 0.500. The highest BCUT2D eigenvalue weighted by Gasteiger charge is 2.42. The molecule has 0 saturated heterocycles. The van der Waals surface area contributed by atoms with Crippen LogP contribution >= 0.6 is 0 Å². The summed E-state index contributed by atoms with van der Waals surface area (Å²) in [6.45, 7) is 28.5. The Labute approximate surface area is 151 Å². The van der Waals surface area contributed by atoms with Crippen LogP contribution in [0.5, 0.6) is 0 Å². The number of rotatable bonds is 0. The van der Waals surface area contributed by atoms with E-state index in [0.717, 1.165) is 11.8 Å². The number of hydrogen-bond acceptors (Lipinski definition) is 0. The first-order valence-corrected chi connectivity index (χ1v) is 9.11. The highest BCUT2D eigenvalue weighted by Crippen LogP contribution is 2.38. The van der Waals surface area contributed by atoms with Gasteiger partial charge in [-0.15, -0.1) is 0 Å². The third-order valence-electron chi connectivity index (χ3n) is 5.25. The molecule has 0 fully saturated rings. The van der Waals surface area contributed by atoms with Gasteiger partial charge in [0.05, 0.1) is 5.92 Å². The third kappa shape index (κ3) is 16.6. The van der Waals surface area contributed by atoms with Gasteiger partial charge in [0.25, 0.3) is 0 Å². The Balaban J connectivity index is -0.000000283. The van der Waals surface area contributed by atoms with Crippen molar-refractivity contribution >= 4 is 0 Å². The predicted molar refractivity (Wildman–Crippen MR) is 103 cm³/mol. The molecule has 0 nitrogen and oxygen atoms in total. The molecular formula is C21H45F3. The third-order valence-corrected chi connectivity index (χ3v) is 5.25. The zero-order chi connectivity index (χ0) is 20.7. The quantitative estimate of drug-likeness (QED) is 0.408. The fraction of sp³-hybridized carbons (Fsp3) is 1.00. The first kappa shape index (κ1) is 28.6. The zero-order valence-electron chi connectivity index (χ0n) is 18.9. The summed E-state index contributed by atoms with van der Waals surface area (Å²) >= 11 is 0. The van der Waals surface area contributed by atoms with E-state index < -0.39 is 17.5 Å². The van der Waals surface area contributed by atoms with Crippen LogP contribution in [0.1, 0.15) is 96.9 Å². The van der Waals surface area contributed by atoms with Crippen LogP contribution in [-0.2, 0) is 0 Å². The van der Waals surface area contributed by atoms with Crippen LogP contribution in [0.25, 0.3) is 0 Å². The lowest BCUT2D eigenvalue weighted by Gasteiger charge is -2.28. The van der Waals surface area contributed by atoms with Gasteiger partial charge in [0.1, 0.15) is 0 Å². The van der Waals surface area contributed by atoms with Crippen molar-refractivity contribution in [2.75, 3.05) is 0 Å². The van der Waals surface area contributed by atoms with Crippen molar-refractivity contribution < 1.29 is 13.2 Å². The van der Waals surface area contributed by atoms with E-state index >= 15 is 0 Å². The summed E-state index contributed by atoms with van der Waals surface area (Å²) in [6.07, 6.45) is -4.06. The smallest absolute Gasteiger partial charge is 0.171 e. The lowest BCUT2D eigenvalue weighted by molar-refractivity contribution is -0.194. The van der Waals surface area contributed by atoms with Gasteiger partial charge in [-0.05, 0) is 28.1 Å². The summed E-state index contributed by atoms with van der Waals surface area (Å²) in [6, 6.07) is 0. The van der Waals surface area contributed by atoms with Crippen LogP contribution in [0, 0.1) is 34.0 Å². The summed E-state index contributed by atoms with van der Waals surface area (Å²) in [4.78, 5) is 0. The summed E-state index contributed by atoms with van der Waals surface area (Å²) in [5.41, 5.74) is 0.318. The highest BCUT2D eigenvalue weighted by molar-refractivity contribution is 4.75. The van der Waals surface area contributed by atoms with E-state index in [1.54, 1.807) is 20.8 Å². The molecule has 24 heavy (non-hydrogen) atoms. The van der Waals surface area contributed by atoms with Crippen molar-refractivity contribution in [1.29, 1.82) is 0 Å². The van der Waals surface area contributed by atoms with Crippen LogP contribution < -0.4 is 0 Å². The predicted octanol–water partition coefficient (Wildman–Crippen LogP) is 8.61. The number of halogens is 3. The molecule has 0 aromatic carbocycles. The van der Waals surface area contributed by atoms with Crippen LogP contribution in [0.4, 0.5) is 13.2 Å². The molecule has 1 atom stereocenters. The molecule has 0 N–H and O–H groups in total. The Morgan fingerprint density at radius 3 is 0.625 bits per heavy atom. The summed E-state index contributed by atoms with van der Waals surface area (Å²) in [5, 5.41) is 0. The minimum Gasteiger partial charge on any atom is -0.171 e. The van der Waals surface area contributed by atoms with Gasteiger partial charge in [-0.2, -0.15) is 13.2 Å². The van der Waals surface area contributed by atoms with Crippen molar-refractivity contribution in [2.45, 2.75) is 103 Å². The van der Waals surface area contributed by atoms with Crippen LogP contribution in [0.2, 0.25) is 0 Å². The molecule has 0 aliphatic carbocycles. The highest BCUT2D eigenvalue weighted by atomic mass is 19.4. The van der Waals surface area contributed by atoms with E-state index in [-0.39, 0.29) is 0 Å². The molecular weight excluding hydrogens is 309 g/mol. The van der Waals surface area contributed by atoms with E-state index in [2.05, 4.69) is 69.2 Å². The van der Waals surface area contributed by atoms with Crippen LogP contribution in [0.3, 0.4) is 0 Å². The topological polar surface area (TPSA) is 0 Å². The van der Waals surface area contributed by atoms with Crippen molar-refractivity contribution in [1.82, 2.24) is 0 Å². The maximum Gasteiger partial charge on any atom is 0.392 e. The van der Waals surface area contributed by atoms with E-state index in [1.807, 2.05) is 0 Å². The summed E-state index contributed by atoms with van der Waals surface area (Å²) in [7, 11) is 0. The first-order valence-electron chi connectivity index (χ1n) is 9.11. The van der Waals surface area contributed by atoms with Gasteiger partial charge >= 0.3 is 6.18 Å². The van der Waals surface area contributed by atoms with Gasteiger partial charge < -0.3 is 0 Å². The molecule has 3 heteroatoms. The van der Waals surface area contributed by atoms with Crippen LogP contribution in [0.15, 0.2) is 0 Å².